The number of rotatable bonds is 3. The highest BCUT2D eigenvalue weighted by Crippen LogP contribution is 2.56. The number of benzene rings is 1. The van der Waals surface area contributed by atoms with Crippen LogP contribution in [0.4, 0.5) is 0 Å². The van der Waals surface area contributed by atoms with Crippen LogP contribution in [0.3, 0.4) is 0 Å². The summed E-state index contributed by atoms with van der Waals surface area (Å²) in [4.78, 5) is 0.785. The van der Waals surface area contributed by atoms with Crippen LogP contribution in [-0.4, -0.2) is 15.8 Å². The average molecular weight is 282 g/mol. The van der Waals surface area contributed by atoms with Crippen LogP contribution in [0.2, 0.25) is 0 Å². The molecule has 2 fully saturated rings. The predicted octanol–water partition coefficient (Wildman–Crippen LogP) is 2.93. The summed E-state index contributed by atoms with van der Waals surface area (Å²) < 4.78 is 17.8. The van der Waals surface area contributed by atoms with E-state index in [1.165, 1.54) is 31.2 Å². The molecule has 2 saturated carbocycles. The monoisotopic (exact) mass is 282 g/mol. The van der Waals surface area contributed by atoms with Gasteiger partial charge in [-0.3, -0.25) is 4.18 Å². The van der Waals surface area contributed by atoms with Crippen molar-refractivity contribution in [3.05, 3.63) is 29.8 Å². The van der Waals surface area contributed by atoms with Crippen LogP contribution in [0.1, 0.15) is 44.1 Å². The van der Waals surface area contributed by atoms with Gasteiger partial charge in [-0.25, -0.2) is 4.21 Å². The van der Waals surface area contributed by atoms with Gasteiger partial charge in [0.25, 0.3) is 0 Å². The molecule has 1 unspecified atom stereocenters. The van der Waals surface area contributed by atoms with Gasteiger partial charge >= 0.3 is 0 Å². The van der Waals surface area contributed by atoms with E-state index in [0.29, 0.717) is 5.41 Å². The summed E-state index contributed by atoms with van der Waals surface area (Å²) in [5.41, 5.74) is 1.86. The van der Waals surface area contributed by atoms with Crippen LogP contribution in [0.15, 0.2) is 29.2 Å². The van der Waals surface area contributed by atoms with E-state index in [1.807, 2.05) is 31.2 Å². The molecule has 3 nitrogen and oxygen atoms in total. The molecule has 0 saturated heterocycles. The molecule has 1 atom stereocenters. The molecule has 2 aliphatic carbocycles. The lowest BCUT2D eigenvalue weighted by molar-refractivity contribution is 0.139. The zero-order chi connectivity index (χ0) is 12.6. The van der Waals surface area contributed by atoms with Crippen molar-refractivity contribution in [1.29, 1.82) is 0 Å². The van der Waals surface area contributed by atoms with Gasteiger partial charge < -0.3 is 5.48 Å². The molecule has 106 valence electrons. The summed E-state index contributed by atoms with van der Waals surface area (Å²) in [7, 11) is 0. The van der Waals surface area contributed by atoms with Crippen LogP contribution >= 0.6 is 0 Å². The van der Waals surface area contributed by atoms with Crippen molar-refractivity contribution < 1.29 is 13.9 Å². The third-order valence-corrected chi connectivity index (χ3v) is 5.49. The van der Waals surface area contributed by atoms with Gasteiger partial charge in [0.05, 0.1) is 11.0 Å². The Hall–Kier alpha value is -0.710. The highest BCUT2D eigenvalue weighted by atomic mass is 32.2. The molecule has 2 aliphatic rings. The molecule has 0 aliphatic heterocycles. The van der Waals surface area contributed by atoms with Crippen LogP contribution in [-0.2, 0) is 15.3 Å². The van der Waals surface area contributed by atoms with Gasteiger partial charge in [0.1, 0.15) is 0 Å². The maximum Gasteiger partial charge on any atom is 0.189 e. The van der Waals surface area contributed by atoms with Gasteiger partial charge in [0.2, 0.25) is 0 Å². The Labute approximate surface area is 117 Å². The van der Waals surface area contributed by atoms with Gasteiger partial charge in [0, 0.05) is 0 Å². The Morgan fingerprint density at radius 2 is 1.68 bits per heavy atom. The maximum atomic E-state index is 12.1. The van der Waals surface area contributed by atoms with Gasteiger partial charge in [0.15, 0.2) is 11.1 Å². The topological polar surface area (TPSA) is 57.8 Å². The molecule has 2 N–H and O–H groups in total. The number of aryl methyl sites for hydroxylation is 1. The molecule has 0 radical (unpaired) electrons. The fraction of sp³-hybridized carbons (Fsp3) is 0.600. The molecular weight excluding hydrogens is 260 g/mol. The Balaban J connectivity index is 0.00000133. The molecule has 19 heavy (non-hydrogen) atoms. The smallest absolute Gasteiger partial charge is 0.189 e. The minimum Gasteiger partial charge on any atom is -0.412 e. The van der Waals surface area contributed by atoms with Gasteiger partial charge in [-0.2, -0.15) is 0 Å². The minimum atomic E-state index is -1.29. The molecule has 0 amide bonds. The largest absolute Gasteiger partial charge is 0.412 e. The Morgan fingerprint density at radius 3 is 2.21 bits per heavy atom. The highest BCUT2D eigenvalue weighted by molar-refractivity contribution is 7.80. The first kappa shape index (κ1) is 14.7. The van der Waals surface area contributed by atoms with Gasteiger partial charge in [-0.05, 0) is 63.0 Å². The number of hydrogen-bond acceptors (Lipinski definition) is 2. The highest BCUT2D eigenvalue weighted by Gasteiger charge is 2.45. The lowest BCUT2D eigenvalue weighted by Crippen LogP contribution is -2.23. The van der Waals surface area contributed by atoms with Crippen molar-refractivity contribution in [2.75, 3.05) is 0 Å². The summed E-state index contributed by atoms with van der Waals surface area (Å²) in [6, 6.07) is 7.76. The zero-order valence-electron chi connectivity index (χ0n) is 11.4. The summed E-state index contributed by atoms with van der Waals surface area (Å²) in [6.45, 7) is 2.03. The first-order chi connectivity index (χ1) is 8.67. The molecule has 1 spiro atoms. The second-order valence-corrected chi connectivity index (χ2v) is 6.98. The first-order valence-electron chi connectivity index (χ1n) is 6.83. The standard InChI is InChI=1S/C15H20O2S.H2O/c1-12-2-4-14(5-3-12)18(16)17-13-6-8-15(9-7-13)10-11-15;/h2-5,13H,6-11H2,1H3;1H2. The van der Waals surface area contributed by atoms with E-state index in [2.05, 4.69) is 0 Å². The van der Waals surface area contributed by atoms with Crippen molar-refractivity contribution in [3.63, 3.8) is 0 Å². The lowest BCUT2D eigenvalue weighted by atomic mass is 9.85. The van der Waals surface area contributed by atoms with Crippen molar-refractivity contribution in [3.8, 4) is 0 Å². The normalized spacial score (nSPS) is 22.8. The first-order valence-corrected chi connectivity index (χ1v) is 7.90. The lowest BCUT2D eigenvalue weighted by Gasteiger charge is -2.27. The van der Waals surface area contributed by atoms with Crippen LogP contribution in [0.25, 0.3) is 0 Å². The van der Waals surface area contributed by atoms with E-state index < -0.39 is 11.1 Å². The summed E-state index contributed by atoms with van der Waals surface area (Å²) >= 11 is -1.29. The van der Waals surface area contributed by atoms with Crippen LogP contribution in [0.5, 0.6) is 0 Å². The van der Waals surface area contributed by atoms with Crippen molar-refractivity contribution in [2.24, 2.45) is 5.41 Å². The fourth-order valence-electron chi connectivity index (χ4n) is 2.81. The molecule has 1 aromatic rings. The SMILES string of the molecule is Cc1ccc(S(=O)OC2CCC3(CC2)CC3)cc1.O. The second kappa shape index (κ2) is 5.73. The predicted molar refractivity (Wildman–Crippen MR) is 76.2 cm³/mol. The van der Waals surface area contributed by atoms with Crippen molar-refractivity contribution >= 4 is 11.1 Å². The molecule has 0 bridgehead atoms. The summed E-state index contributed by atoms with van der Waals surface area (Å²) in [6.07, 6.45) is 7.70. The molecule has 4 heteroatoms. The van der Waals surface area contributed by atoms with E-state index in [9.17, 15) is 4.21 Å². The molecule has 0 heterocycles. The van der Waals surface area contributed by atoms with Crippen LogP contribution < -0.4 is 0 Å². The van der Waals surface area contributed by atoms with E-state index in [4.69, 9.17) is 4.18 Å². The quantitative estimate of drug-likeness (QED) is 0.856. The van der Waals surface area contributed by atoms with Crippen molar-refractivity contribution in [2.45, 2.75) is 56.4 Å². The second-order valence-electron chi connectivity index (χ2n) is 5.84. The third kappa shape index (κ3) is 3.44. The molecule has 1 aromatic carbocycles. The minimum absolute atomic E-state index is 0. The van der Waals surface area contributed by atoms with Gasteiger partial charge in [-0.15, -0.1) is 0 Å². The summed E-state index contributed by atoms with van der Waals surface area (Å²) in [5.74, 6) is 0. The Kier molecular flexibility index (Phi) is 4.43. The molecule has 0 aromatic heterocycles. The molecular formula is C15H22O3S. The average Bonchev–Trinajstić information content (AvgIpc) is 3.13. The fourth-order valence-corrected chi connectivity index (χ4v) is 3.71. The number of hydrogen-bond donors (Lipinski definition) is 0. The van der Waals surface area contributed by atoms with E-state index in [-0.39, 0.29) is 11.6 Å². The Morgan fingerprint density at radius 1 is 1.11 bits per heavy atom. The van der Waals surface area contributed by atoms with E-state index >= 15 is 0 Å². The van der Waals surface area contributed by atoms with E-state index in [1.54, 1.807) is 0 Å². The third-order valence-electron chi connectivity index (χ3n) is 4.39. The maximum absolute atomic E-state index is 12.1. The Bertz CT molecular complexity index is 441. The van der Waals surface area contributed by atoms with Crippen molar-refractivity contribution in [1.82, 2.24) is 0 Å². The molecule has 3 rings (SSSR count). The van der Waals surface area contributed by atoms with Gasteiger partial charge in [-0.1, -0.05) is 17.7 Å². The zero-order valence-corrected chi connectivity index (χ0v) is 12.2. The van der Waals surface area contributed by atoms with E-state index in [0.717, 1.165) is 17.7 Å². The summed E-state index contributed by atoms with van der Waals surface area (Å²) in [5, 5.41) is 0. The van der Waals surface area contributed by atoms with Crippen LogP contribution in [0, 0.1) is 12.3 Å².